The molecule has 0 aliphatic carbocycles. The molecule has 1 atom stereocenters. The minimum absolute atomic E-state index is 0.116. The molecule has 1 aliphatic rings. The second kappa shape index (κ2) is 5.43. The molecule has 0 radical (unpaired) electrons. The van der Waals surface area contributed by atoms with Gasteiger partial charge in [0.2, 0.25) is 0 Å². The van der Waals surface area contributed by atoms with Crippen LogP contribution in [0.15, 0.2) is 30.3 Å². The molecule has 1 aromatic rings. The van der Waals surface area contributed by atoms with E-state index in [4.69, 9.17) is 0 Å². The molecule has 2 amide bonds. The Bertz CT molecular complexity index is 472. The van der Waals surface area contributed by atoms with Gasteiger partial charge in [-0.25, -0.2) is 5.01 Å². The van der Waals surface area contributed by atoms with E-state index < -0.39 is 5.41 Å². The third-order valence-electron chi connectivity index (χ3n) is 3.67. The maximum Gasteiger partial charge on any atom is 0.256 e. The molecule has 2 rings (SSSR count). The molecule has 4 nitrogen and oxygen atoms in total. The quantitative estimate of drug-likeness (QED) is 0.826. The SMILES string of the molecule is CCCCC1(C)C(=O)NN(Cc2ccccc2)C1=O. The summed E-state index contributed by atoms with van der Waals surface area (Å²) in [6.07, 6.45) is 2.48. The van der Waals surface area contributed by atoms with Crippen LogP contribution in [0.1, 0.15) is 38.7 Å². The van der Waals surface area contributed by atoms with Crippen molar-refractivity contribution < 1.29 is 9.59 Å². The van der Waals surface area contributed by atoms with Gasteiger partial charge < -0.3 is 0 Å². The number of amides is 2. The molecular weight excluding hydrogens is 240 g/mol. The summed E-state index contributed by atoms with van der Waals surface area (Å²) in [5.74, 6) is -0.295. The minimum Gasteiger partial charge on any atom is -0.272 e. The van der Waals surface area contributed by atoms with Gasteiger partial charge >= 0.3 is 0 Å². The van der Waals surface area contributed by atoms with Gasteiger partial charge in [0.1, 0.15) is 5.41 Å². The fourth-order valence-corrected chi connectivity index (χ4v) is 2.32. The number of carbonyl (C=O) groups excluding carboxylic acids is 2. The van der Waals surface area contributed by atoms with Crippen molar-refractivity contribution in [3.8, 4) is 0 Å². The van der Waals surface area contributed by atoms with Gasteiger partial charge in [0.25, 0.3) is 11.8 Å². The third kappa shape index (κ3) is 2.62. The maximum atomic E-state index is 12.4. The Morgan fingerprint density at radius 3 is 2.53 bits per heavy atom. The first kappa shape index (κ1) is 13.6. The lowest BCUT2D eigenvalue weighted by Gasteiger charge is -2.19. The molecule has 1 saturated heterocycles. The van der Waals surface area contributed by atoms with Crippen molar-refractivity contribution in [1.82, 2.24) is 10.4 Å². The van der Waals surface area contributed by atoms with Crippen LogP contribution in [-0.2, 0) is 16.1 Å². The first-order valence-corrected chi connectivity index (χ1v) is 6.75. The summed E-state index contributed by atoms with van der Waals surface area (Å²) in [6, 6.07) is 9.67. The Morgan fingerprint density at radius 2 is 1.89 bits per heavy atom. The van der Waals surface area contributed by atoms with Crippen LogP contribution < -0.4 is 5.43 Å². The summed E-state index contributed by atoms with van der Waals surface area (Å²) in [5, 5.41) is 1.44. The van der Waals surface area contributed by atoms with Gasteiger partial charge in [0.05, 0.1) is 6.54 Å². The Labute approximate surface area is 113 Å². The fraction of sp³-hybridized carbons (Fsp3) is 0.467. The van der Waals surface area contributed by atoms with Crippen LogP contribution in [0, 0.1) is 5.41 Å². The first-order chi connectivity index (χ1) is 9.08. The second-order valence-corrected chi connectivity index (χ2v) is 5.25. The molecule has 1 aliphatic heterocycles. The van der Waals surface area contributed by atoms with E-state index in [-0.39, 0.29) is 11.8 Å². The molecule has 1 fully saturated rings. The standard InChI is InChI=1S/C15H20N2O2/c1-3-4-10-15(2)13(18)16-17(14(15)19)11-12-8-6-5-7-9-12/h5-9H,3-4,10-11H2,1-2H3,(H,16,18). The normalized spacial score (nSPS) is 22.7. The molecule has 1 aromatic carbocycles. The number of nitrogens with one attached hydrogen (secondary N) is 1. The van der Waals surface area contributed by atoms with Gasteiger partial charge in [-0.05, 0) is 18.9 Å². The Morgan fingerprint density at radius 1 is 1.21 bits per heavy atom. The summed E-state index contributed by atoms with van der Waals surface area (Å²) in [6.45, 7) is 4.22. The van der Waals surface area contributed by atoms with Crippen LogP contribution in [0.3, 0.4) is 0 Å². The van der Waals surface area contributed by atoms with E-state index in [1.54, 1.807) is 6.92 Å². The van der Waals surface area contributed by atoms with Crippen LogP contribution in [0.5, 0.6) is 0 Å². The smallest absolute Gasteiger partial charge is 0.256 e. The molecule has 4 heteroatoms. The van der Waals surface area contributed by atoms with Gasteiger partial charge in [-0.15, -0.1) is 0 Å². The lowest BCUT2D eigenvalue weighted by atomic mass is 9.84. The zero-order valence-corrected chi connectivity index (χ0v) is 11.5. The predicted molar refractivity (Wildman–Crippen MR) is 72.8 cm³/mol. The van der Waals surface area contributed by atoms with Crippen molar-refractivity contribution in [1.29, 1.82) is 0 Å². The number of hydrazine groups is 1. The molecule has 0 bridgehead atoms. The van der Waals surface area contributed by atoms with E-state index in [0.717, 1.165) is 18.4 Å². The minimum atomic E-state index is -0.898. The van der Waals surface area contributed by atoms with Gasteiger partial charge in [0, 0.05) is 0 Å². The summed E-state index contributed by atoms with van der Waals surface area (Å²) in [7, 11) is 0. The molecule has 1 N–H and O–H groups in total. The van der Waals surface area contributed by atoms with Crippen molar-refractivity contribution in [3.05, 3.63) is 35.9 Å². The molecule has 0 saturated carbocycles. The van der Waals surface area contributed by atoms with E-state index in [9.17, 15) is 9.59 Å². The van der Waals surface area contributed by atoms with Crippen molar-refractivity contribution in [2.24, 2.45) is 5.41 Å². The fourth-order valence-electron chi connectivity index (χ4n) is 2.32. The number of nitrogens with zero attached hydrogens (tertiary/aromatic N) is 1. The highest BCUT2D eigenvalue weighted by atomic mass is 16.2. The number of hydrogen-bond acceptors (Lipinski definition) is 2. The first-order valence-electron chi connectivity index (χ1n) is 6.75. The zero-order chi connectivity index (χ0) is 13.9. The van der Waals surface area contributed by atoms with Gasteiger partial charge in [0.15, 0.2) is 0 Å². The van der Waals surface area contributed by atoms with Gasteiger partial charge in [-0.2, -0.15) is 0 Å². The Kier molecular flexibility index (Phi) is 3.88. The van der Waals surface area contributed by atoms with Crippen LogP contribution in [0.25, 0.3) is 0 Å². The van der Waals surface area contributed by atoms with Crippen LogP contribution in [-0.4, -0.2) is 16.8 Å². The monoisotopic (exact) mass is 260 g/mol. The molecule has 19 heavy (non-hydrogen) atoms. The summed E-state index contributed by atoms with van der Waals surface area (Å²) in [4.78, 5) is 24.4. The topological polar surface area (TPSA) is 49.4 Å². The van der Waals surface area contributed by atoms with E-state index in [0.29, 0.717) is 13.0 Å². The van der Waals surface area contributed by atoms with Crippen LogP contribution in [0.4, 0.5) is 0 Å². The number of unbranched alkanes of at least 4 members (excludes halogenated alkanes) is 1. The third-order valence-corrected chi connectivity index (χ3v) is 3.67. The maximum absolute atomic E-state index is 12.4. The van der Waals surface area contributed by atoms with E-state index >= 15 is 0 Å². The van der Waals surface area contributed by atoms with Crippen molar-refractivity contribution in [2.75, 3.05) is 0 Å². The van der Waals surface area contributed by atoms with E-state index in [1.165, 1.54) is 5.01 Å². The van der Waals surface area contributed by atoms with Crippen molar-refractivity contribution in [3.63, 3.8) is 0 Å². The largest absolute Gasteiger partial charge is 0.272 e. The van der Waals surface area contributed by atoms with E-state index in [1.807, 2.05) is 30.3 Å². The number of hydrogen-bond donors (Lipinski definition) is 1. The highest BCUT2D eigenvalue weighted by molar-refractivity contribution is 6.09. The summed E-state index contributed by atoms with van der Waals surface area (Å²) < 4.78 is 0. The Balaban J connectivity index is 2.09. The lowest BCUT2D eigenvalue weighted by molar-refractivity contribution is -0.139. The zero-order valence-electron chi connectivity index (χ0n) is 11.5. The van der Waals surface area contributed by atoms with Crippen LogP contribution >= 0.6 is 0 Å². The molecule has 0 aromatic heterocycles. The summed E-state index contributed by atoms with van der Waals surface area (Å²) in [5.41, 5.74) is 2.81. The second-order valence-electron chi connectivity index (χ2n) is 5.25. The predicted octanol–water partition coefficient (Wildman–Crippen LogP) is 2.26. The number of benzene rings is 1. The molecule has 102 valence electrons. The molecule has 0 spiro atoms. The highest BCUT2D eigenvalue weighted by Crippen LogP contribution is 2.31. The molecule has 1 unspecified atom stereocenters. The van der Waals surface area contributed by atoms with Gasteiger partial charge in [-0.3, -0.25) is 15.0 Å². The number of carbonyl (C=O) groups is 2. The summed E-state index contributed by atoms with van der Waals surface area (Å²) >= 11 is 0. The molecular formula is C15H20N2O2. The van der Waals surface area contributed by atoms with Crippen molar-refractivity contribution in [2.45, 2.75) is 39.7 Å². The van der Waals surface area contributed by atoms with Crippen molar-refractivity contribution >= 4 is 11.8 Å². The average Bonchev–Trinajstić information content (AvgIpc) is 2.63. The lowest BCUT2D eigenvalue weighted by Crippen LogP contribution is -2.35. The molecule has 1 heterocycles. The van der Waals surface area contributed by atoms with Gasteiger partial charge in [-0.1, -0.05) is 50.1 Å². The van der Waals surface area contributed by atoms with Crippen LogP contribution in [0.2, 0.25) is 0 Å². The number of rotatable bonds is 5. The van der Waals surface area contributed by atoms with E-state index in [2.05, 4.69) is 12.3 Å². The highest BCUT2D eigenvalue weighted by Gasteiger charge is 2.49. The average molecular weight is 260 g/mol. The Hall–Kier alpha value is -1.84.